The molecule has 0 saturated carbocycles. The average molecular weight is 875 g/mol. The van der Waals surface area contributed by atoms with E-state index in [-0.39, 0.29) is 48.9 Å². The van der Waals surface area contributed by atoms with Crippen LogP contribution in [0.15, 0.2) is 146 Å². The van der Waals surface area contributed by atoms with Crippen molar-refractivity contribution in [3.05, 3.63) is 201 Å². The van der Waals surface area contributed by atoms with Crippen molar-refractivity contribution >= 4 is 0 Å². The summed E-state index contributed by atoms with van der Waals surface area (Å²) < 4.78 is 12.6. The van der Waals surface area contributed by atoms with Crippen LogP contribution in [0, 0.1) is 11.8 Å². The minimum Gasteiger partial charge on any atom is -0.491 e. The molecule has 0 aliphatic rings. The minimum atomic E-state index is -0.000657. The zero-order chi connectivity index (χ0) is 47.1. The minimum absolute atomic E-state index is 0.000657. The molecule has 6 aromatic rings. The second-order valence-electron chi connectivity index (χ2n) is 19.5. The van der Waals surface area contributed by atoms with E-state index in [1.807, 2.05) is 12.1 Å². The Hall–Kier alpha value is -5.16. The molecule has 6 atom stereocenters. The van der Waals surface area contributed by atoms with E-state index < -0.39 is 0 Å². The van der Waals surface area contributed by atoms with Gasteiger partial charge in [-0.25, -0.2) is 0 Å². The van der Waals surface area contributed by atoms with Crippen molar-refractivity contribution in [3.63, 3.8) is 0 Å². The third kappa shape index (κ3) is 13.2. The van der Waals surface area contributed by atoms with E-state index in [0.717, 1.165) is 11.5 Å². The van der Waals surface area contributed by atoms with Gasteiger partial charge >= 0.3 is 0 Å². The molecule has 0 aromatic heterocycles. The van der Waals surface area contributed by atoms with Crippen LogP contribution in [0.3, 0.4) is 0 Å². The van der Waals surface area contributed by atoms with Crippen LogP contribution in [0.25, 0.3) is 0 Å². The van der Waals surface area contributed by atoms with Crippen LogP contribution in [-0.4, -0.2) is 36.6 Å². The molecule has 346 valence electrons. The number of aliphatic hydroxyl groups is 2. The summed E-state index contributed by atoms with van der Waals surface area (Å²) in [7, 11) is 0. The Balaban J connectivity index is 0.000000247. The summed E-state index contributed by atoms with van der Waals surface area (Å²) >= 11 is 0. The fourth-order valence-electron chi connectivity index (χ4n) is 9.60. The van der Waals surface area contributed by atoms with E-state index in [4.69, 9.17) is 9.47 Å². The average Bonchev–Trinajstić information content (AvgIpc) is 3.32. The second-order valence-corrected chi connectivity index (χ2v) is 19.5. The lowest BCUT2D eigenvalue weighted by Crippen LogP contribution is -2.18. The molecule has 0 saturated heterocycles. The molecule has 4 heteroatoms. The largest absolute Gasteiger partial charge is 0.491 e. The van der Waals surface area contributed by atoms with Crippen LogP contribution >= 0.6 is 0 Å². The maximum atomic E-state index is 9.64. The number of rotatable bonds is 19. The molecule has 65 heavy (non-hydrogen) atoms. The summed E-state index contributed by atoms with van der Waals surface area (Å²) in [6.45, 7) is 25.8. The molecular formula is C61H78O4. The second kappa shape index (κ2) is 24.4. The molecule has 0 radical (unpaired) electrons. The first-order valence-electron chi connectivity index (χ1n) is 24.2. The molecule has 6 rings (SSSR count). The van der Waals surface area contributed by atoms with Crippen molar-refractivity contribution in [1.29, 1.82) is 0 Å². The van der Waals surface area contributed by atoms with Crippen molar-refractivity contribution in [3.8, 4) is 11.5 Å². The Kier molecular flexibility index (Phi) is 19.1. The van der Waals surface area contributed by atoms with Gasteiger partial charge in [-0.05, 0) is 56.5 Å². The van der Waals surface area contributed by atoms with E-state index in [1.54, 1.807) is 0 Å². The standard InChI is InChI=1S/C33H44O2.C28H34O2/c1-7-14-24(4)32(23(2)3)29-21-30(25(5)27-15-10-8-11-16-27)33(35-20-19-34)31(22-29)26(6)28-17-12-9-13-18-28;1-20(22-12-8-6-9-13-22)25-18-24(28(3,4)5)19-26(27(25)30-17-16-29)21(2)23-14-10-7-11-15-23/h8-13,15-18,21-26,32,34H,7,14,19-20H2,1-6H3;6-15,18-21,29H,16-17H2,1-5H3. The molecule has 6 aromatic carbocycles. The fourth-order valence-corrected chi connectivity index (χ4v) is 9.60. The van der Waals surface area contributed by atoms with Gasteiger partial charge in [0, 0.05) is 45.9 Å². The molecule has 0 aliphatic carbocycles. The zero-order valence-electron chi connectivity index (χ0n) is 41.4. The van der Waals surface area contributed by atoms with Gasteiger partial charge in [0.05, 0.1) is 13.2 Å². The van der Waals surface area contributed by atoms with Gasteiger partial charge in [-0.2, -0.15) is 0 Å². The highest BCUT2D eigenvalue weighted by atomic mass is 16.5. The normalized spacial score (nSPS) is 14.4. The smallest absolute Gasteiger partial charge is 0.127 e. The van der Waals surface area contributed by atoms with Crippen molar-refractivity contribution in [2.75, 3.05) is 26.4 Å². The monoisotopic (exact) mass is 875 g/mol. The van der Waals surface area contributed by atoms with Crippen LogP contribution in [-0.2, 0) is 5.41 Å². The molecule has 6 unspecified atom stereocenters. The highest BCUT2D eigenvalue weighted by Crippen LogP contribution is 2.46. The summed E-state index contributed by atoms with van der Waals surface area (Å²) in [6, 6.07) is 51.9. The maximum absolute atomic E-state index is 9.64. The number of hydrogen-bond donors (Lipinski definition) is 2. The van der Waals surface area contributed by atoms with E-state index in [9.17, 15) is 10.2 Å². The number of hydrogen-bond acceptors (Lipinski definition) is 4. The SMILES string of the molecule is CC(c1ccccc1)c1cc(C(C)(C)C)cc(C(C)c2ccccc2)c1OCCO.CCCC(C)C(c1cc(C(C)c2ccccc2)c(OCCO)c(C(C)c2ccccc2)c1)C(C)C. The Morgan fingerprint density at radius 2 is 0.754 bits per heavy atom. The molecule has 0 spiro atoms. The van der Waals surface area contributed by atoms with Crippen LogP contribution in [0.2, 0.25) is 0 Å². The van der Waals surface area contributed by atoms with E-state index in [2.05, 4.69) is 210 Å². The molecule has 0 amide bonds. The van der Waals surface area contributed by atoms with Gasteiger partial charge in [-0.15, -0.1) is 0 Å². The van der Waals surface area contributed by atoms with Crippen LogP contribution in [0.1, 0.15) is 174 Å². The predicted octanol–water partition coefficient (Wildman–Crippen LogP) is 15.2. The van der Waals surface area contributed by atoms with Crippen molar-refractivity contribution in [2.45, 2.75) is 124 Å². The Morgan fingerprint density at radius 3 is 1.02 bits per heavy atom. The lowest BCUT2D eigenvalue weighted by molar-refractivity contribution is 0.198. The summed E-state index contributed by atoms with van der Waals surface area (Å²) in [4.78, 5) is 0. The van der Waals surface area contributed by atoms with E-state index in [0.29, 0.717) is 24.4 Å². The molecule has 0 bridgehead atoms. The highest BCUT2D eigenvalue weighted by Gasteiger charge is 2.29. The maximum Gasteiger partial charge on any atom is 0.127 e. The first-order chi connectivity index (χ1) is 31.2. The van der Waals surface area contributed by atoms with Gasteiger partial charge in [0.1, 0.15) is 24.7 Å². The first-order valence-corrected chi connectivity index (χ1v) is 24.2. The number of ether oxygens (including phenoxy) is 2. The third-order valence-corrected chi connectivity index (χ3v) is 13.4. The molecule has 4 nitrogen and oxygen atoms in total. The van der Waals surface area contributed by atoms with Gasteiger partial charge < -0.3 is 19.7 Å². The van der Waals surface area contributed by atoms with Crippen LogP contribution in [0.4, 0.5) is 0 Å². The number of aliphatic hydroxyl groups excluding tert-OH is 2. The number of benzene rings is 6. The van der Waals surface area contributed by atoms with E-state index in [1.165, 1.54) is 68.5 Å². The lowest BCUT2D eigenvalue weighted by Gasteiger charge is -2.31. The summed E-state index contributed by atoms with van der Waals surface area (Å²) in [5.74, 6) is 4.19. The first kappa shape index (κ1) is 50.8. The van der Waals surface area contributed by atoms with E-state index >= 15 is 0 Å². The highest BCUT2D eigenvalue weighted by molar-refractivity contribution is 5.55. The molecule has 0 heterocycles. The fraction of sp³-hybridized carbons (Fsp3) is 0.410. The van der Waals surface area contributed by atoms with Crippen molar-refractivity contribution < 1.29 is 19.7 Å². The van der Waals surface area contributed by atoms with Crippen LogP contribution in [0.5, 0.6) is 11.5 Å². The van der Waals surface area contributed by atoms with Gasteiger partial charge in [0.2, 0.25) is 0 Å². The molecule has 0 aliphatic heterocycles. The van der Waals surface area contributed by atoms with Gasteiger partial charge in [0.15, 0.2) is 0 Å². The Labute approximate surface area is 393 Å². The molecule has 2 N–H and O–H groups in total. The quantitative estimate of drug-likeness (QED) is 0.0851. The zero-order valence-corrected chi connectivity index (χ0v) is 41.4. The summed E-state index contributed by atoms with van der Waals surface area (Å²) in [5.41, 5.74) is 12.6. The third-order valence-electron chi connectivity index (χ3n) is 13.4. The summed E-state index contributed by atoms with van der Waals surface area (Å²) in [5, 5.41) is 19.1. The van der Waals surface area contributed by atoms with Crippen molar-refractivity contribution in [1.82, 2.24) is 0 Å². The molecular weight excluding hydrogens is 797 g/mol. The van der Waals surface area contributed by atoms with Gasteiger partial charge in [0.25, 0.3) is 0 Å². The van der Waals surface area contributed by atoms with Crippen LogP contribution < -0.4 is 9.47 Å². The summed E-state index contributed by atoms with van der Waals surface area (Å²) in [6.07, 6.45) is 2.42. The van der Waals surface area contributed by atoms with Crippen molar-refractivity contribution in [2.24, 2.45) is 11.8 Å². The predicted molar refractivity (Wildman–Crippen MR) is 274 cm³/mol. The lowest BCUT2D eigenvalue weighted by atomic mass is 9.74. The van der Waals surface area contributed by atoms with Gasteiger partial charge in [-0.3, -0.25) is 0 Å². The Morgan fingerprint density at radius 1 is 0.446 bits per heavy atom. The van der Waals surface area contributed by atoms with Gasteiger partial charge in [-0.1, -0.05) is 235 Å². The molecule has 0 fully saturated rings. The Bertz CT molecular complexity index is 2160. The topological polar surface area (TPSA) is 58.9 Å².